The predicted octanol–water partition coefficient (Wildman–Crippen LogP) is 4.40. The molecule has 3 heterocycles. The minimum absolute atomic E-state index is 0.253. The Labute approximate surface area is 136 Å². The van der Waals surface area contributed by atoms with Crippen molar-refractivity contribution in [3.8, 4) is 0 Å². The zero-order valence-electron chi connectivity index (χ0n) is 11.6. The van der Waals surface area contributed by atoms with Crippen LogP contribution in [-0.2, 0) is 0 Å². The number of nitrogens with zero attached hydrogens (tertiary/aromatic N) is 2. The summed E-state index contributed by atoms with van der Waals surface area (Å²) in [5.74, 6) is -0.253. The van der Waals surface area contributed by atoms with E-state index in [-0.39, 0.29) is 5.82 Å². The Morgan fingerprint density at radius 2 is 2.10 bits per heavy atom. The Bertz CT molecular complexity index is 753. The van der Waals surface area contributed by atoms with Crippen LogP contribution in [0.5, 0.6) is 0 Å². The molecule has 4 rings (SSSR count). The van der Waals surface area contributed by atoms with Gasteiger partial charge in [-0.05, 0) is 66.4 Å². The Kier molecular flexibility index (Phi) is 3.43. The number of rotatable bonds is 1. The number of imidazole rings is 1. The lowest BCUT2D eigenvalue weighted by atomic mass is 9.97. The SMILES string of the molecule is Fc1cc2[nH]c(=S)n(C3CCN4CCCC4C3)c2cc1Br. The van der Waals surface area contributed by atoms with Crippen LogP contribution in [0.25, 0.3) is 11.0 Å². The second-order valence-electron chi connectivity index (χ2n) is 6.09. The Morgan fingerprint density at radius 1 is 1.24 bits per heavy atom. The minimum atomic E-state index is -0.253. The molecule has 0 aliphatic carbocycles. The number of halogens is 2. The number of hydrogen-bond acceptors (Lipinski definition) is 2. The summed E-state index contributed by atoms with van der Waals surface area (Å²) in [6.07, 6.45) is 4.88. The third-order valence-corrected chi connectivity index (χ3v) is 5.82. The average Bonchev–Trinajstić information content (AvgIpc) is 3.02. The number of aromatic amines is 1. The van der Waals surface area contributed by atoms with Crippen molar-refractivity contribution in [3.63, 3.8) is 0 Å². The second-order valence-corrected chi connectivity index (χ2v) is 7.33. The number of H-pyrrole nitrogens is 1. The highest BCUT2D eigenvalue weighted by Crippen LogP contribution is 2.35. The summed E-state index contributed by atoms with van der Waals surface area (Å²) < 4.78 is 17.1. The van der Waals surface area contributed by atoms with E-state index >= 15 is 0 Å². The molecule has 21 heavy (non-hydrogen) atoms. The lowest BCUT2D eigenvalue weighted by Crippen LogP contribution is -2.38. The Balaban J connectivity index is 1.77. The molecule has 2 aromatic rings. The van der Waals surface area contributed by atoms with Gasteiger partial charge in [-0.2, -0.15) is 0 Å². The van der Waals surface area contributed by atoms with Gasteiger partial charge in [0.05, 0.1) is 15.5 Å². The van der Waals surface area contributed by atoms with Crippen LogP contribution >= 0.6 is 28.1 Å². The van der Waals surface area contributed by atoms with E-state index in [9.17, 15) is 4.39 Å². The molecule has 2 atom stereocenters. The van der Waals surface area contributed by atoms with Crippen molar-refractivity contribution >= 4 is 39.2 Å². The minimum Gasteiger partial charge on any atom is -0.330 e. The maximum absolute atomic E-state index is 13.7. The van der Waals surface area contributed by atoms with Gasteiger partial charge in [-0.3, -0.25) is 0 Å². The van der Waals surface area contributed by atoms with Crippen molar-refractivity contribution in [1.29, 1.82) is 0 Å². The summed E-state index contributed by atoms with van der Waals surface area (Å²) in [6.45, 7) is 2.39. The second kappa shape index (κ2) is 5.18. The molecule has 6 heteroatoms. The largest absolute Gasteiger partial charge is 0.330 e. The van der Waals surface area contributed by atoms with Crippen molar-refractivity contribution in [2.75, 3.05) is 13.1 Å². The average molecular weight is 370 g/mol. The summed E-state index contributed by atoms with van der Waals surface area (Å²) >= 11 is 8.78. The molecule has 1 aromatic heterocycles. The Morgan fingerprint density at radius 3 is 2.95 bits per heavy atom. The first-order valence-electron chi connectivity index (χ1n) is 7.47. The van der Waals surface area contributed by atoms with Crippen molar-refractivity contribution in [2.45, 2.75) is 37.8 Å². The van der Waals surface area contributed by atoms with E-state index in [1.165, 1.54) is 25.5 Å². The van der Waals surface area contributed by atoms with Crippen LogP contribution in [0.3, 0.4) is 0 Å². The Hall–Kier alpha value is -0.720. The molecule has 3 nitrogen and oxygen atoms in total. The molecule has 2 saturated heterocycles. The standard InChI is InChI=1S/C15H17BrFN3S/c16-11-7-14-13(8-12(11)17)18-15(21)20(14)10-3-5-19-4-1-2-9(19)6-10/h7-10H,1-6H2,(H,18,21). The van der Waals surface area contributed by atoms with Crippen LogP contribution in [0, 0.1) is 10.6 Å². The highest BCUT2D eigenvalue weighted by atomic mass is 79.9. The molecular formula is C15H17BrFN3S. The van der Waals surface area contributed by atoms with E-state index < -0.39 is 0 Å². The maximum atomic E-state index is 13.7. The quantitative estimate of drug-likeness (QED) is 0.753. The van der Waals surface area contributed by atoms with E-state index in [0.29, 0.717) is 21.3 Å². The first-order chi connectivity index (χ1) is 10.1. The first kappa shape index (κ1) is 13.9. The third-order valence-electron chi connectivity index (χ3n) is 4.92. The van der Waals surface area contributed by atoms with E-state index in [0.717, 1.165) is 30.4 Å². The molecule has 0 spiro atoms. The molecule has 1 N–H and O–H groups in total. The van der Waals surface area contributed by atoms with Gasteiger partial charge < -0.3 is 14.5 Å². The number of fused-ring (bicyclic) bond motifs is 2. The van der Waals surface area contributed by atoms with Gasteiger partial charge in [-0.15, -0.1) is 0 Å². The summed E-state index contributed by atoms with van der Waals surface area (Å²) in [4.78, 5) is 5.76. The molecule has 1 aromatic carbocycles. The lowest BCUT2D eigenvalue weighted by molar-refractivity contribution is 0.156. The van der Waals surface area contributed by atoms with Crippen LogP contribution < -0.4 is 0 Å². The molecule has 0 bridgehead atoms. The number of nitrogens with one attached hydrogen (secondary N) is 1. The molecule has 0 amide bonds. The molecule has 2 aliphatic rings. The van der Waals surface area contributed by atoms with Crippen LogP contribution in [0.1, 0.15) is 31.7 Å². The van der Waals surface area contributed by atoms with Gasteiger partial charge in [-0.1, -0.05) is 0 Å². The van der Waals surface area contributed by atoms with Gasteiger partial charge in [-0.25, -0.2) is 4.39 Å². The van der Waals surface area contributed by atoms with Crippen LogP contribution in [0.4, 0.5) is 4.39 Å². The summed E-state index contributed by atoms with van der Waals surface area (Å²) in [7, 11) is 0. The summed E-state index contributed by atoms with van der Waals surface area (Å²) in [5, 5.41) is 0. The highest BCUT2D eigenvalue weighted by molar-refractivity contribution is 9.10. The van der Waals surface area contributed by atoms with E-state index in [1.54, 1.807) is 0 Å². The van der Waals surface area contributed by atoms with Crippen molar-refractivity contribution in [1.82, 2.24) is 14.5 Å². The fourth-order valence-electron chi connectivity index (χ4n) is 3.92. The third kappa shape index (κ3) is 2.28. The van der Waals surface area contributed by atoms with Crippen molar-refractivity contribution in [2.24, 2.45) is 0 Å². The normalized spacial score (nSPS) is 26.4. The first-order valence-corrected chi connectivity index (χ1v) is 8.67. The fourth-order valence-corrected chi connectivity index (χ4v) is 4.61. The van der Waals surface area contributed by atoms with Crippen LogP contribution in [-0.4, -0.2) is 33.6 Å². The van der Waals surface area contributed by atoms with Gasteiger partial charge >= 0.3 is 0 Å². The maximum Gasteiger partial charge on any atom is 0.178 e. The van der Waals surface area contributed by atoms with Crippen LogP contribution in [0.2, 0.25) is 0 Å². The number of aromatic nitrogens is 2. The predicted molar refractivity (Wildman–Crippen MR) is 87.6 cm³/mol. The van der Waals surface area contributed by atoms with Crippen LogP contribution in [0.15, 0.2) is 16.6 Å². The number of hydrogen-bond donors (Lipinski definition) is 1. The molecule has 2 unspecified atom stereocenters. The molecule has 2 fully saturated rings. The van der Waals surface area contributed by atoms with Crippen molar-refractivity contribution in [3.05, 3.63) is 27.2 Å². The smallest absolute Gasteiger partial charge is 0.178 e. The van der Waals surface area contributed by atoms with Gasteiger partial charge in [0.2, 0.25) is 0 Å². The zero-order valence-corrected chi connectivity index (χ0v) is 14.0. The highest BCUT2D eigenvalue weighted by Gasteiger charge is 2.33. The molecular weight excluding hydrogens is 353 g/mol. The van der Waals surface area contributed by atoms with Gasteiger partial charge in [0, 0.05) is 24.7 Å². The number of benzene rings is 1. The van der Waals surface area contributed by atoms with E-state index in [1.807, 2.05) is 6.07 Å². The monoisotopic (exact) mass is 369 g/mol. The molecule has 0 radical (unpaired) electrons. The number of piperidine rings is 1. The van der Waals surface area contributed by atoms with E-state index in [4.69, 9.17) is 12.2 Å². The molecule has 0 saturated carbocycles. The molecule has 2 aliphatic heterocycles. The zero-order chi connectivity index (χ0) is 14.6. The van der Waals surface area contributed by atoms with Gasteiger partial charge in [0.25, 0.3) is 0 Å². The summed E-state index contributed by atoms with van der Waals surface area (Å²) in [5.41, 5.74) is 1.79. The van der Waals surface area contributed by atoms with E-state index in [2.05, 4.69) is 30.4 Å². The fraction of sp³-hybridized carbons (Fsp3) is 0.533. The lowest BCUT2D eigenvalue weighted by Gasteiger charge is -2.35. The molecule has 112 valence electrons. The van der Waals surface area contributed by atoms with Crippen molar-refractivity contribution < 1.29 is 4.39 Å². The summed E-state index contributed by atoms with van der Waals surface area (Å²) in [6, 6.07) is 4.48. The van der Waals surface area contributed by atoms with Gasteiger partial charge in [0.15, 0.2) is 4.77 Å². The topological polar surface area (TPSA) is 24.0 Å². The van der Waals surface area contributed by atoms with Gasteiger partial charge in [0.1, 0.15) is 5.82 Å².